The zero-order valence-electron chi connectivity index (χ0n) is 12.8. The molecule has 0 amide bonds. The zero-order valence-corrected chi connectivity index (χ0v) is 12.8. The van der Waals surface area contributed by atoms with Crippen molar-refractivity contribution in [2.45, 2.75) is 33.4 Å². The van der Waals surface area contributed by atoms with E-state index in [0.717, 1.165) is 33.5 Å². The van der Waals surface area contributed by atoms with Gasteiger partial charge in [-0.2, -0.15) is 10.2 Å². The van der Waals surface area contributed by atoms with Gasteiger partial charge in [0, 0.05) is 23.7 Å². The van der Waals surface area contributed by atoms with Gasteiger partial charge < -0.3 is 5.11 Å². The number of nitrogens with zero attached hydrogens (tertiary/aromatic N) is 4. The molecule has 3 aromatic rings. The molecule has 1 atom stereocenters. The monoisotopic (exact) mass is 284 g/mol. The second-order valence-corrected chi connectivity index (χ2v) is 5.51. The van der Waals surface area contributed by atoms with Crippen molar-refractivity contribution in [2.24, 2.45) is 7.05 Å². The Morgan fingerprint density at radius 1 is 1.19 bits per heavy atom. The molecule has 0 saturated heterocycles. The molecule has 0 aliphatic rings. The fraction of sp³-hybridized carbons (Fsp3) is 0.375. The van der Waals surface area contributed by atoms with E-state index in [4.69, 9.17) is 0 Å². The largest absolute Gasteiger partial charge is 0.389 e. The number of rotatable bonds is 3. The van der Waals surface area contributed by atoms with Gasteiger partial charge in [0.1, 0.15) is 0 Å². The maximum atomic E-state index is 9.87. The van der Waals surface area contributed by atoms with Crippen molar-refractivity contribution in [1.29, 1.82) is 0 Å². The summed E-state index contributed by atoms with van der Waals surface area (Å²) in [4.78, 5) is 0. The van der Waals surface area contributed by atoms with Crippen LogP contribution in [0.4, 0.5) is 0 Å². The summed E-state index contributed by atoms with van der Waals surface area (Å²) < 4.78 is 3.82. The van der Waals surface area contributed by atoms with Crippen LogP contribution in [0.25, 0.3) is 10.9 Å². The van der Waals surface area contributed by atoms with Crippen LogP contribution in [0.5, 0.6) is 0 Å². The Morgan fingerprint density at radius 2 is 1.90 bits per heavy atom. The summed E-state index contributed by atoms with van der Waals surface area (Å²) >= 11 is 0. The highest BCUT2D eigenvalue weighted by molar-refractivity contribution is 5.81. The van der Waals surface area contributed by atoms with Crippen molar-refractivity contribution >= 4 is 10.9 Å². The third kappa shape index (κ3) is 2.23. The molecule has 0 aliphatic carbocycles. The van der Waals surface area contributed by atoms with Crippen LogP contribution in [0, 0.1) is 13.8 Å². The molecule has 0 aliphatic heterocycles. The van der Waals surface area contributed by atoms with Gasteiger partial charge in [-0.3, -0.25) is 9.36 Å². The second kappa shape index (κ2) is 5.00. The van der Waals surface area contributed by atoms with E-state index >= 15 is 0 Å². The van der Waals surface area contributed by atoms with Crippen LogP contribution in [0.2, 0.25) is 0 Å². The highest BCUT2D eigenvalue weighted by Gasteiger charge is 2.17. The average molecular weight is 284 g/mol. The first-order chi connectivity index (χ1) is 9.99. The summed E-state index contributed by atoms with van der Waals surface area (Å²) in [7, 11) is 1.95. The lowest BCUT2D eigenvalue weighted by Crippen LogP contribution is -2.06. The van der Waals surface area contributed by atoms with E-state index in [2.05, 4.69) is 22.3 Å². The molecule has 1 N–H and O–H groups in total. The molecule has 0 fully saturated rings. The maximum Gasteiger partial charge on any atom is 0.0918 e. The molecule has 5 nitrogen and oxygen atoms in total. The molecular formula is C16H20N4O. The van der Waals surface area contributed by atoms with E-state index in [-0.39, 0.29) is 0 Å². The Hall–Kier alpha value is -2.14. The Morgan fingerprint density at radius 3 is 2.57 bits per heavy atom. The van der Waals surface area contributed by atoms with Crippen LogP contribution in [0.15, 0.2) is 24.3 Å². The molecule has 110 valence electrons. The SMILES string of the molecule is Cc1nn(Cc2nn(C)c3ccccc23)c(C)c1C(C)O. The molecule has 0 saturated carbocycles. The van der Waals surface area contributed by atoms with Crippen molar-refractivity contribution in [3.63, 3.8) is 0 Å². The van der Waals surface area contributed by atoms with E-state index in [1.165, 1.54) is 0 Å². The topological polar surface area (TPSA) is 55.9 Å². The lowest BCUT2D eigenvalue weighted by Gasteiger charge is -2.06. The fourth-order valence-corrected chi connectivity index (χ4v) is 3.02. The lowest BCUT2D eigenvalue weighted by atomic mass is 10.1. The number of hydrogen-bond acceptors (Lipinski definition) is 3. The van der Waals surface area contributed by atoms with E-state index < -0.39 is 6.10 Å². The first-order valence-corrected chi connectivity index (χ1v) is 7.11. The molecule has 1 unspecified atom stereocenters. The standard InChI is InChI=1S/C16H20N4O/c1-10-16(12(3)21)11(2)20(17-10)9-14-13-7-5-6-8-15(13)19(4)18-14/h5-8,12,21H,9H2,1-4H3. The van der Waals surface area contributed by atoms with Crippen molar-refractivity contribution in [2.75, 3.05) is 0 Å². The number of fused-ring (bicyclic) bond motifs is 1. The molecule has 1 aromatic carbocycles. The predicted octanol–water partition coefficient (Wildman–Crippen LogP) is 2.49. The zero-order chi connectivity index (χ0) is 15.1. The highest BCUT2D eigenvalue weighted by Crippen LogP contribution is 2.23. The minimum absolute atomic E-state index is 0.501. The Kier molecular flexibility index (Phi) is 3.29. The number of benzene rings is 1. The summed E-state index contributed by atoms with van der Waals surface area (Å²) in [5.74, 6) is 0. The summed E-state index contributed by atoms with van der Waals surface area (Å²) in [5, 5.41) is 20.2. The van der Waals surface area contributed by atoms with Gasteiger partial charge in [-0.25, -0.2) is 0 Å². The van der Waals surface area contributed by atoms with Crippen molar-refractivity contribution < 1.29 is 5.11 Å². The predicted molar refractivity (Wildman–Crippen MR) is 82.2 cm³/mol. The number of aliphatic hydroxyl groups is 1. The van der Waals surface area contributed by atoms with E-state index in [1.807, 2.05) is 42.4 Å². The molecule has 2 heterocycles. The lowest BCUT2D eigenvalue weighted by molar-refractivity contribution is 0.197. The number of aryl methyl sites for hydroxylation is 2. The first-order valence-electron chi connectivity index (χ1n) is 7.11. The van der Waals surface area contributed by atoms with Crippen LogP contribution >= 0.6 is 0 Å². The minimum atomic E-state index is -0.501. The van der Waals surface area contributed by atoms with E-state index in [1.54, 1.807) is 6.92 Å². The Labute approximate surface area is 123 Å². The molecule has 5 heteroatoms. The number of aliphatic hydroxyl groups excluding tert-OH is 1. The van der Waals surface area contributed by atoms with Gasteiger partial charge >= 0.3 is 0 Å². The van der Waals surface area contributed by atoms with Gasteiger partial charge in [0.25, 0.3) is 0 Å². The maximum absolute atomic E-state index is 9.87. The molecular weight excluding hydrogens is 264 g/mol. The number of hydrogen-bond donors (Lipinski definition) is 1. The van der Waals surface area contributed by atoms with Gasteiger partial charge in [-0.15, -0.1) is 0 Å². The van der Waals surface area contributed by atoms with Crippen LogP contribution in [-0.4, -0.2) is 24.7 Å². The Balaban J connectivity index is 2.05. The smallest absolute Gasteiger partial charge is 0.0918 e. The Bertz CT molecular complexity index is 798. The van der Waals surface area contributed by atoms with Gasteiger partial charge in [-0.05, 0) is 26.8 Å². The minimum Gasteiger partial charge on any atom is -0.389 e. The second-order valence-electron chi connectivity index (χ2n) is 5.51. The van der Waals surface area contributed by atoms with Crippen LogP contribution in [0.1, 0.15) is 35.7 Å². The number of aromatic nitrogens is 4. The molecule has 0 bridgehead atoms. The first kappa shape index (κ1) is 13.8. The van der Waals surface area contributed by atoms with Gasteiger partial charge in [0.2, 0.25) is 0 Å². The van der Waals surface area contributed by atoms with Gasteiger partial charge in [-0.1, -0.05) is 18.2 Å². The van der Waals surface area contributed by atoms with Crippen molar-refractivity contribution in [3.8, 4) is 0 Å². The molecule has 0 spiro atoms. The quantitative estimate of drug-likeness (QED) is 0.804. The summed E-state index contributed by atoms with van der Waals surface area (Å²) in [5.41, 5.74) is 4.90. The van der Waals surface area contributed by atoms with Crippen LogP contribution < -0.4 is 0 Å². The van der Waals surface area contributed by atoms with Gasteiger partial charge in [0.15, 0.2) is 0 Å². The van der Waals surface area contributed by atoms with Gasteiger partial charge in [0.05, 0.1) is 29.6 Å². The van der Waals surface area contributed by atoms with Crippen molar-refractivity contribution in [1.82, 2.24) is 19.6 Å². The van der Waals surface area contributed by atoms with Crippen LogP contribution in [-0.2, 0) is 13.6 Å². The molecule has 21 heavy (non-hydrogen) atoms. The summed E-state index contributed by atoms with van der Waals surface area (Å²) in [6.45, 7) is 6.31. The third-order valence-corrected chi connectivity index (χ3v) is 3.99. The van der Waals surface area contributed by atoms with E-state index in [9.17, 15) is 5.11 Å². The molecule has 2 aromatic heterocycles. The molecule has 0 radical (unpaired) electrons. The van der Waals surface area contributed by atoms with Crippen molar-refractivity contribution in [3.05, 3.63) is 46.9 Å². The normalized spacial score (nSPS) is 13.0. The molecule has 3 rings (SSSR count). The fourth-order valence-electron chi connectivity index (χ4n) is 3.02. The number of para-hydroxylation sites is 1. The summed E-state index contributed by atoms with van der Waals surface area (Å²) in [6, 6.07) is 8.19. The summed E-state index contributed by atoms with van der Waals surface area (Å²) in [6.07, 6.45) is -0.501. The average Bonchev–Trinajstić information content (AvgIpc) is 2.89. The van der Waals surface area contributed by atoms with Crippen LogP contribution in [0.3, 0.4) is 0 Å². The third-order valence-electron chi connectivity index (χ3n) is 3.99. The van der Waals surface area contributed by atoms with E-state index in [0.29, 0.717) is 6.54 Å². The highest BCUT2D eigenvalue weighted by atomic mass is 16.3.